The van der Waals surface area contributed by atoms with Crippen molar-refractivity contribution in [2.45, 2.75) is 6.92 Å². The van der Waals surface area contributed by atoms with Crippen molar-refractivity contribution in [2.75, 3.05) is 0 Å². The molecule has 2 aromatic heterocycles. The van der Waals surface area contributed by atoms with Gasteiger partial charge in [0.05, 0.1) is 15.7 Å². The SMILES string of the molecule is Cc1c(OS(=O)(=O)[O-])cc(/C=C/C=C/C=C/C=C/c2[nH]cc(Br)c2Br)oc1=O.[Na+]. The molecule has 0 aliphatic carbocycles. The molecule has 2 aromatic rings. The summed E-state index contributed by atoms with van der Waals surface area (Å²) in [4.78, 5) is 14.8. The Bertz CT molecular complexity index is 1130. The van der Waals surface area contributed by atoms with E-state index < -0.39 is 16.0 Å². The van der Waals surface area contributed by atoms with E-state index in [1.165, 1.54) is 13.0 Å². The van der Waals surface area contributed by atoms with Crippen molar-refractivity contribution >= 4 is 54.4 Å². The molecular formula is C18H14Br2NNaO6S. The van der Waals surface area contributed by atoms with Crippen LogP contribution >= 0.6 is 31.9 Å². The van der Waals surface area contributed by atoms with E-state index in [0.29, 0.717) is 0 Å². The van der Waals surface area contributed by atoms with Crippen molar-refractivity contribution in [3.63, 3.8) is 0 Å². The Hall–Kier alpha value is -1.14. The Morgan fingerprint density at radius 3 is 2.24 bits per heavy atom. The van der Waals surface area contributed by atoms with Gasteiger partial charge in [0.1, 0.15) is 5.76 Å². The number of H-pyrrole nitrogens is 1. The van der Waals surface area contributed by atoms with Gasteiger partial charge in [0, 0.05) is 16.7 Å². The third kappa shape index (κ3) is 8.63. The summed E-state index contributed by atoms with van der Waals surface area (Å²) in [6.45, 7) is 1.29. The van der Waals surface area contributed by atoms with Gasteiger partial charge in [0.2, 0.25) is 0 Å². The largest absolute Gasteiger partial charge is 1.00 e. The van der Waals surface area contributed by atoms with Gasteiger partial charge in [0.15, 0.2) is 5.75 Å². The maximum Gasteiger partial charge on any atom is 1.00 e. The predicted octanol–water partition coefficient (Wildman–Crippen LogP) is 1.48. The summed E-state index contributed by atoms with van der Waals surface area (Å²) in [5, 5.41) is 0. The topological polar surface area (TPSA) is 112 Å². The second-order valence-electron chi connectivity index (χ2n) is 5.27. The number of halogens is 2. The van der Waals surface area contributed by atoms with E-state index in [9.17, 15) is 17.8 Å². The van der Waals surface area contributed by atoms with Gasteiger partial charge >= 0.3 is 35.2 Å². The van der Waals surface area contributed by atoms with Gasteiger partial charge in [-0.15, -0.1) is 0 Å². The average Bonchev–Trinajstić information content (AvgIpc) is 2.92. The fraction of sp³-hybridized carbons (Fsp3) is 0.0556. The smallest absolute Gasteiger partial charge is 0.716 e. The Balaban J connectivity index is 0.00000420. The summed E-state index contributed by atoms with van der Waals surface area (Å²) < 4.78 is 43.2. The number of hydrogen-bond acceptors (Lipinski definition) is 6. The van der Waals surface area contributed by atoms with E-state index in [1.54, 1.807) is 24.3 Å². The summed E-state index contributed by atoms with van der Waals surface area (Å²) in [5.74, 6) is -0.313. The quantitative estimate of drug-likeness (QED) is 0.240. The van der Waals surface area contributed by atoms with E-state index in [1.807, 2.05) is 24.4 Å². The van der Waals surface area contributed by atoms with Crippen molar-refractivity contribution in [2.24, 2.45) is 0 Å². The second kappa shape index (κ2) is 11.9. The van der Waals surface area contributed by atoms with Gasteiger partial charge in [-0.05, 0) is 50.9 Å². The van der Waals surface area contributed by atoms with Gasteiger partial charge in [-0.1, -0.05) is 36.5 Å². The monoisotopic (exact) mass is 553 g/mol. The molecule has 2 heterocycles. The Morgan fingerprint density at radius 2 is 1.69 bits per heavy atom. The van der Waals surface area contributed by atoms with Crippen LogP contribution in [0.4, 0.5) is 0 Å². The average molecular weight is 555 g/mol. The van der Waals surface area contributed by atoms with Gasteiger partial charge in [-0.3, -0.25) is 0 Å². The molecule has 11 heteroatoms. The minimum atomic E-state index is -4.98. The molecule has 7 nitrogen and oxygen atoms in total. The summed E-state index contributed by atoms with van der Waals surface area (Å²) in [5.41, 5.74) is 0.0208. The Labute approximate surface area is 206 Å². The molecule has 0 fully saturated rings. The van der Waals surface area contributed by atoms with Crippen molar-refractivity contribution in [1.82, 2.24) is 4.98 Å². The minimum Gasteiger partial charge on any atom is -0.716 e. The van der Waals surface area contributed by atoms with E-state index >= 15 is 0 Å². The molecule has 0 bridgehead atoms. The fourth-order valence-electron chi connectivity index (χ4n) is 1.91. The molecule has 0 saturated carbocycles. The Kier molecular flexibility index (Phi) is 10.6. The molecule has 0 amide bonds. The van der Waals surface area contributed by atoms with E-state index in [2.05, 4.69) is 41.0 Å². The number of allylic oxidation sites excluding steroid dienone is 6. The van der Waals surface area contributed by atoms with Crippen LogP contribution in [0, 0.1) is 6.92 Å². The molecule has 0 spiro atoms. The first-order valence-electron chi connectivity index (χ1n) is 7.68. The van der Waals surface area contributed by atoms with Crippen LogP contribution in [0.1, 0.15) is 17.0 Å². The molecule has 0 aromatic carbocycles. The summed E-state index contributed by atoms with van der Waals surface area (Å²) in [6, 6.07) is 1.15. The molecule has 1 N–H and O–H groups in total. The van der Waals surface area contributed by atoms with Gasteiger partial charge < -0.3 is 18.1 Å². The van der Waals surface area contributed by atoms with E-state index in [0.717, 1.165) is 20.7 Å². The molecule has 0 radical (unpaired) electrons. The van der Waals surface area contributed by atoms with Gasteiger partial charge in [0.25, 0.3) is 10.4 Å². The maximum atomic E-state index is 11.7. The zero-order valence-electron chi connectivity index (χ0n) is 15.4. The molecule has 0 aliphatic rings. The summed E-state index contributed by atoms with van der Waals surface area (Å²) in [7, 11) is -4.98. The van der Waals surface area contributed by atoms with Crippen LogP contribution in [0.25, 0.3) is 12.2 Å². The molecule has 2 rings (SSSR count). The molecule has 0 atom stereocenters. The Morgan fingerprint density at radius 1 is 1.10 bits per heavy atom. The van der Waals surface area contributed by atoms with Crippen LogP contribution < -0.4 is 39.4 Å². The van der Waals surface area contributed by atoms with Crippen molar-refractivity contribution in [1.29, 1.82) is 0 Å². The van der Waals surface area contributed by atoms with Crippen LogP contribution in [0.15, 0.2) is 66.9 Å². The van der Waals surface area contributed by atoms with Crippen LogP contribution in [-0.2, 0) is 10.4 Å². The zero-order chi connectivity index (χ0) is 20.7. The molecule has 29 heavy (non-hydrogen) atoms. The third-order valence-electron chi connectivity index (χ3n) is 3.23. The van der Waals surface area contributed by atoms with Crippen LogP contribution in [-0.4, -0.2) is 18.0 Å². The van der Waals surface area contributed by atoms with E-state index in [-0.39, 0.29) is 46.6 Å². The van der Waals surface area contributed by atoms with Crippen LogP contribution in [0.2, 0.25) is 0 Å². The molecule has 0 unspecified atom stereocenters. The summed E-state index contributed by atoms with van der Waals surface area (Å²) in [6.07, 6.45) is 15.6. The minimum absolute atomic E-state index is 0. The number of rotatable bonds is 7. The van der Waals surface area contributed by atoms with Crippen molar-refractivity contribution < 1.29 is 51.1 Å². The third-order valence-corrected chi connectivity index (χ3v) is 5.63. The first-order chi connectivity index (χ1) is 13.2. The maximum absolute atomic E-state index is 11.7. The number of aromatic nitrogens is 1. The number of hydrogen-bond donors (Lipinski definition) is 1. The fourth-order valence-corrected chi connectivity index (χ4v) is 2.99. The van der Waals surface area contributed by atoms with Crippen LogP contribution in [0.5, 0.6) is 5.75 Å². The van der Waals surface area contributed by atoms with Crippen molar-refractivity contribution in [3.05, 3.63) is 85.1 Å². The molecule has 0 aliphatic heterocycles. The first-order valence-corrected chi connectivity index (χ1v) is 10.6. The normalized spacial score (nSPS) is 12.4. The predicted molar refractivity (Wildman–Crippen MR) is 113 cm³/mol. The molecular weight excluding hydrogens is 541 g/mol. The number of nitrogens with one attached hydrogen (secondary N) is 1. The van der Waals surface area contributed by atoms with Gasteiger partial charge in [-0.2, -0.15) is 0 Å². The second-order valence-corrected chi connectivity index (χ2v) is 7.90. The first kappa shape index (κ1) is 25.9. The van der Waals surface area contributed by atoms with Crippen molar-refractivity contribution in [3.8, 4) is 5.75 Å². The van der Waals surface area contributed by atoms with Crippen LogP contribution in [0.3, 0.4) is 0 Å². The molecule has 0 saturated heterocycles. The van der Waals surface area contributed by atoms with E-state index in [4.69, 9.17) is 4.42 Å². The van der Waals surface area contributed by atoms with Gasteiger partial charge in [-0.25, -0.2) is 13.2 Å². The zero-order valence-corrected chi connectivity index (χ0v) is 21.4. The number of aromatic amines is 1. The molecule has 148 valence electrons. The standard InChI is InChI=1S/C18H15Br2NO6S.Na/c1-12-16(27-28(23,24)25)10-13(26-18(12)22)8-6-4-2-3-5-7-9-15-17(20)14(19)11-21-15;/h2-11,21H,1H3,(H,23,24,25);/q;+1/p-1/b4-2+,5-3+,8-6+,9-7+;. The summed E-state index contributed by atoms with van der Waals surface area (Å²) >= 11 is 6.82.